The summed E-state index contributed by atoms with van der Waals surface area (Å²) in [5, 5.41) is 2.29. The lowest BCUT2D eigenvalue weighted by Crippen LogP contribution is -2.16. The molecule has 1 heterocycles. The van der Waals surface area contributed by atoms with Crippen LogP contribution in [0.5, 0.6) is 17.2 Å². The summed E-state index contributed by atoms with van der Waals surface area (Å²) in [6, 6.07) is 10.4. The summed E-state index contributed by atoms with van der Waals surface area (Å²) in [5.74, 6) is 0.778. The summed E-state index contributed by atoms with van der Waals surface area (Å²) in [7, 11) is 0. The lowest BCUT2D eigenvalue weighted by atomic mass is 10.2. The Kier molecular flexibility index (Phi) is 11.1. The first kappa shape index (κ1) is 31.7. The fourth-order valence-corrected chi connectivity index (χ4v) is 3.72. The largest absolute Gasteiger partial charge is 0.573 e. The van der Waals surface area contributed by atoms with Crippen molar-refractivity contribution >= 4 is 5.91 Å². The Balaban J connectivity index is 1.81. The Morgan fingerprint density at radius 1 is 1.12 bits per heavy atom. The van der Waals surface area contributed by atoms with Crippen LogP contribution in [0.2, 0.25) is 0 Å². The molecule has 0 N–H and O–H groups in total. The number of hydrogen-bond acceptors (Lipinski definition) is 7. The first-order chi connectivity index (χ1) is 20.0. The van der Waals surface area contributed by atoms with Crippen LogP contribution in [0.25, 0.3) is 11.4 Å². The highest BCUT2D eigenvalue weighted by Crippen LogP contribution is 2.28. The number of halogens is 3. The van der Waals surface area contributed by atoms with Gasteiger partial charge in [-0.15, -0.1) is 18.1 Å². The van der Waals surface area contributed by atoms with Gasteiger partial charge in [0.1, 0.15) is 35.4 Å². The zero-order chi connectivity index (χ0) is 30.7. The minimum Gasteiger partial charge on any atom is -0.491 e. The van der Waals surface area contributed by atoms with Crippen LogP contribution in [0.15, 0.2) is 90.5 Å². The van der Waals surface area contributed by atoms with Gasteiger partial charge in [-0.25, -0.2) is 4.98 Å². The minimum absolute atomic E-state index is 0.0362. The van der Waals surface area contributed by atoms with E-state index in [0.717, 1.165) is 0 Å². The molecule has 2 aromatic carbocycles. The Bertz CT molecular complexity index is 1440. The Hall–Kier alpha value is -4.87. The Labute approximate surface area is 240 Å². The van der Waals surface area contributed by atoms with Gasteiger partial charge in [-0.3, -0.25) is 4.79 Å². The van der Waals surface area contributed by atoms with Gasteiger partial charge in [0, 0.05) is 23.5 Å². The van der Waals surface area contributed by atoms with E-state index in [2.05, 4.69) is 21.5 Å². The van der Waals surface area contributed by atoms with Crippen molar-refractivity contribution in [3.63, 3.8) is 0 Å². The van der Waals surface area contributed by atoms with Crippen LogP contribution in [0.1, 0.15) is 25.1 Å². The monoisotopic (exact) mass is 585 g/mol. The van der Waals surface area contributed by atoms with Crippen molar-refractivity contribution in [2.75, 3.05) is 6.61 Å². The number of ether oxygens (including phenoxy) is 4. The molecule has 0 atom stereocenters. The van der Waals surface area contributed by atoms with E-state index in [9.17, 15) is 22.9 Å². The molecule has 0 bridgehead atoms. The summed E-state index contributed by atoms with van der Waals surface area (Å²) >= 11 is 0. The highest BCUT2D eigenvalue weighted by atomic mass is 19.4. The second-order valence-electron chi connectivity index (χ2n) is 9.14. The fourth-order valence-electron chi connectivity index (χ4n) is 3.72. The summed E-state index contributed by atoms with van der Waals surface area (Å²) in [5.41, 5.74) is 1.81. The van der Waals surface area contributed by atoms with Crippen molar-refractivity contribution in [2.45, 2.75) is 46.4 Å². The second kappa shape index (κ2) is 14.7. The van der Waals surface area contributed by atoms with Crippen LogP contribution in [0, 0.1) is 11.8 Å². The van der Waals surface area contributed by atoms with Crippen LogP contribution >= 0.6 is 0 Å². The maximum atomic E-state index is 12.6. The maximum Gasteiger partial charge on any atom is 0.573 e. The number of hydrogen-bond donors (Lipinski definition) is 0. The van der Waals surface area contributed by atoms with Crippen molar-refractivity contribution < 1.29 is 36.9 Å². The van der Waals surface area contributed by atoms with Crippen molar-refractivity contribution in [1.82, 2.24) is 9.55 Å². The van der Waals surface area contributed by atoms with E-state index in [4.69, 9.17) is 14.2 Å². The molecule has 3 aromatic rings. The summed E-state index contributed by atoms with van der Waals surface area (Å²) in [6.07, 6.45) is 3.96. The van der Waals surface area contributed by atoms with E-state index in [1.165, 1.54) is 24.3 Å². The number of rotatable bonds is 14. The molecule has 0 fully saturated rings. The van der Waals surface area contributed by atoms with Gasteiger partial charge >= 0.3 is 12.3 Å². The van der Waals surface area contributed by atoms with Gasteiger partial charge in [0.15, 0.2) is 6.61 Å². The van der Waals surface area contributed by atoms with Crippen molar-refractivity contribution in [3.8, 4) is 28.6 Å². The number of alkyl halides is 3. The number of aromatic nitrogens is 2. The van der Waals surface area contributed by atoms with E-state index < -0.39 is 18.9 Å². The lowest BCUT2D eigenvalue weighted by molar-refractivity contribution is -0.274. The molecule has 9 nitrogen and oxygen atoms in total. The van der Waals surface area contributed by atoms with Gasteiger partial charge in [0.2, 0.25) is 0 Å². The number of imidazole rings is 1. The molecule has 0 saturated carbocycles. The Morgan fingerprint density at radius 3 is 2.45 bits per heavy atom. The molecule has 3 rings (SSSR count). The highest BCUT2D eigenvalue weighted by Gasteiger charge is 2.31. The third kappa shape index (κ3) is 9.95. The summed E-state index contributed by atoms with van der Waals surface area (Å²) in [4.78, 5) is 26.0. The maximum absolute atomic E-state index is 12.6. The molecule has 0 aliphatic rings. The third-order valence-corrected chi connectivity index (χ3v) is 5.40. The molecule has 0 saturated heterocycles. The quantitative estimate of drug-likeness (QED) is 0.113. The number of nitroso groups, excluding NO2 is 1. The van der Waals surface area contributed by atoms with Gasteiger partial charge in [0.05, 0.1) is 11.8 Å². The van der Waals surface area contributed by atoms with E-state index >= 15 is 0 Å². The van der Waals surface area contributed by atoms with Crippen molar-refractivity contribution in [2.24, 2.45) is 5.18 Å². The summed E-state index contributed by atoms with van der Waals surface area (Å²) in [6.45, 7) is 9.27. The van der Waals surface area contributed by atoms with E-state index in [0.29, 0.717) is 46.4 Å². The number of allylic oxidation sites excluding steroid dienone is 4. The van der Waals surface area contributed by atoms with E-state index in [-0.39, 0.29) is 18.5 Å². The molecular formula is C30H30F3N3O6. The number of nitrogens with zero attached hydrogens (tertiary/aromatic N) is 3. The highest BCUT2D eigenvalue weighted by molar-refractivity contribution is 5.78. The summed E-state index contributed by atoms with van der Waals surface area (Å²) < 4.78 is 60.6. The standard InChI is InChI=1S/C30H30F3N3O6/c1-5-7-24(41-20(2)3)8-6-15-36-17-23(34-29(36)22-9-11-25(12-10-22)42-30(31,32)33)18-39-26-13-14-27(21(4)16-26)40-19-28(37)35-38/h5-14,16-17,20H,1,15,18-19H2,2-4H3/b8-6-,24-7+. The molecule has 0 spiro atoms. The lowest BCUT2D eigenvalue weighted by Gasteiger charge is -2.11. The second-order valence-corrected chi connectivity index (χ2v) is 9.14. The van der Waals surface area contributed by atoms with Gasteiger partial charge in [-0.1, -0.05) is 18.7 Å². The predicted molar refractivity (Wildman–Crippen MR) is 150 cm³/mol. The van der Waals surface area contributed by atoms with E-state index in [1.807, 2.05) is 24.5 Å². The van der Waals surface area contributed by atoms with Crippen LogP contribution < -0.4 is 14.2 Å². The van der Waals surface area contributed by atoms with Gasteiger partial charge in [-0.05, 0) is 81.0 Å². The minimum atomic E-state index is -4.79. The normalized spacial score (nSPS) is 11.9. The molecule has 12 heteroatoms. The predicted octanol–water partition coefficient (Wildman–Crippen LogP) is 7.06. The first-order valence-electron chi connectivity index (χ1n) is 12.8. The van der Waals surface area contributed by atoms with E-state index in [1.54, 1.807) is 49.5 Å². The topological polar surface area (TPSA) is 101 Å². The molecule has 0 unspecified atom stereocenters. The molecule has 0 aliphatic carbocycles. The zero-order valence-electron chi connectivity index (χ0n) is 23.3. The molecule has 0 radical (unpaired) electrons. The Morgan fingerprint density at radius 2 is 1.83 bits per heavy atom. The molecule has 1 aromatic heterocycles. The van der Waals surface area contributed by atoms with Crippen LogP contribution in [0.3, 0.4) is 0 Å². The smallest absolute Gasteiger partial charge is 0.491 e. The van der Waals surface area contributed by atoms with Gasteiger partial charge < -0.3 is 23.5 Å². The molecule has 0 aliphatic heterocycles. The van der Waals surface area contributed by atoms with Crippen LogP contribution in [-0.4, -0.2) is 34.5 Å². The number of benzene rings is 2. The average molecular weight is 586 g/mol. The molecule has 42 heavy (non-hydrogen) atoms. The molecule has 222 valence electrons. The fraction of sp³-hybridized carbons (Fsp3) is 0.267. The SMILES string of the molecule is C=C/C=C(\C=C/Cn1cc(COc2ccc(OCC(=O)N=O)c(C)c2)nc1-c1ccc(OC(F)(F)F)cc1)OC(C)C. The van der Waals surface area contributed by atoms with Crippen molar-refractivity contribution in [1.29, 1.82) is 0 Å². The molecule has 1 amide bonds. The third-order valence-electron chi connectivity index (χ3n) is 5.40. The van der Waals surface area contributed by atoms with Crippen LogP contribution in [-0.2, 0) is 22.7 Å². The number of amides is 1. The number of carbonyl (C=O) groups excluding carboxylic acids is 1. The van der Waals surface area contributed by atoms with Crippen LogP contribution in [0.4, 0.5) is 13.2 Å². The van der Waals surface area contributed by atoms with Gasteiger partial charge in [0.25, 0.3) is 0 Å². The van der Waals surface area contributed by atoms with Crippen molar-refractivity contribution in [3.05, 3.63) is 101 Å². The zero-order valence-corrected chi connectivity index (χ0v) is 23.3. The number of aryl methyl sites for hydroxylation is 1. The molecular weight excluding hydrogens is 555 g/mol. The average Bonchev–Trinajstić information content (AvgIpc) is 3.33. The van der Waals surface area contributed by atoms with Gasteiger partial charge in [-0.2, -0.15) is 0 Å². The number of carbonyl (C=O) groups is 1. The first-order valence-corrected chi connectivity index (χ1v) is 12.8.